The molecule has 0 amide bonds. The second-order valence-electron chi connectivity index (χ2n) is 5.77. The van der Waals surface area contributed by atoms with E-state index in [2.05, 4.69) is 70.0 Å². The molecule has 0 radical (unpaired) electrons. The SMILES string of the molecule is C=CC=C1C(=C)C(C)=[N+](C=CC)C=C(C)C1(CC)CCC. The number of nitrogens with zero attached hydrogens (tertiary/aromatic N) is 1. The van der Waals surface area contributed by atoms with Crippen molar-refractivity contribution in [3.63, 3.8) is 0 Å². The summed E-state index contributed by atoms with van der Waals surface area (Å²) >= 11 is 0. The van der Waals surface area contributed by atoms with E-state index < -0.39 is 0 Å². The van der Waals surface area contributed by atoms with Crippen LogP contribution in [0.25, 0.3) is 0 Å². The van der Waals surface area contributed by atoms with Gasteiger partial charge in [-0.3, -0.25) is 0 Å². The quantitative estimate of drug-likeness (QED) is 0.563. The highest BCUT2D eigenvalue weighted by atomic mass is 15.0. The van der Waals surface area contributed by atoms with Crippen molar-refractivity contribution in [2.24, 2.45) is 5.41 Å². The lowest BCUT2D eigenvalue weighted by atomic mass is 9.67. The van der Waals surface area contributed by atoms with Gasteiger partial charge in [0.25, 0.3) is 0 Å². The molecule has 1 nitrogen and oxygen atoms in total. The fourth-order valence-corrected chi connectivity index (χ4v) is 3.38. The molecule has 0 N–H and O–H groups in total. The zero-order valence-corrected chi connectivity index (χ0v) is 14.4. The molecule has 1 unspecified atom stereocenters. The first-order valence-corrected chi connectivity index (χ1v) is 7.94. The molecule has 1 atom stereocenters. The summed E-state index contributed by atoms with van der Waals surface area (Å²) in [5.74, 6) is 0. The van der Waals surface area contributed by atoms with Crippen molar-refractivity contribution in [3.8, 4) is 0 Å². The van der Waals surface area contributed by atoms with Crippen molar-refractivity contribution in [1.82, 2.24) is 0 Å². The van der Waals surface area contributed by atoms with E-state index in [1.54, 1.807) is 0 Å². The van der Waals surface area contributed by atoms with Crippen molar-refractivity contribution in [2.45, 2.75) is 53.9 Å². The topological polar surface area (TPSA) is 3.01 Å². The number of hydrogen-bond acceptors (Lipinski definition) is 0. The van der Waals surface area contributed by atoms with Gasteiger partial charge < -0.3 is 0 Å². The summed E-state index contributed by atoms with van der Waals surface area (Å²) in [6, 6.07) is 0. The summed E-state index contributed by atoms with van der Waals surface area (Å²) in [7, 11) is 0. The molecule has 0 bridgehead atoms. The van der Waals surface area contributed by atoms with Gasteiger partial charge in [-0.2, -0.15) is 4.58 Å². The highest BCUT2D eigenvalue weighted by molar-refractivity contribution is 5.99. The van der Waals surface area contributed by atoms with Gasteiger partial charge in [0.15, 0.2) is 18.1 Å². The molecule has 0 fully saturated rings. The summed E-state index contributed by atoms with van der Waals surface area (Å²) in [6.07, 6.45) is 13.9. The van der Waals surface area contributed by atoms with Gasteiger partial charge in [0.1, 0.15) is 0 Å². The Bertz CT molecular complexity index is 540. The Morgan fingerprint density at radius 3 is 2.43 bits per heavy atom. The van der Waals surface area contributed by atoms with Gasteiger partial charge in [0.2, 0.25) is 0 Å². The van der Waals surface area contributed by atoms with E-state index in [9.17, 15) is 0 Å². The van der Waals surface area contributed by atoms with E-state index >= 15 is 0 Å². The predicted molar refractivity (Wildman–Crippen MR) is 94.6 cm³/mol. The highest BCUT2D eigenvalue weighted by Gasteiger charge is 2.39. The van der Waals surface area contributed by atoms with E-state index in [4.69, 9.17) is 0 Å². The molecule has 0 saturated heterocycles. The maximum absolute atomic E-state index is 4.39. The first-order chi connectivity index (χ1) is 9.98. The smallest absolute Gasteiger partial charge is 0.171 e. The number of allylic oxidation sites excluding steroid dienone is 6. The molecular formula is C20H30N+. The molecule has 21 heavy (non-hydrogen) atoms. The fraction of sp³-hybridized carbons (Fsp3) is 0.450. The van der Waals surface area contributed by atoms with Gasteiger partial charge in [-0.05, 0) is 38.3 Å². The third kappa shape index (κ3) is 3.18. The van der Waals surface area contributed by atoms with E-state index in [1.165, 1.54) is 16.9 Å². The van der Waals surface area contributed by atoms with E-state index in [0.29, 0.717) is 0 Å². The molecule has 1 aliphatic heterocycles. The zero-order chi connectivity index (χ0) is 16.0. The Balaban J connectivity index is 3.66. The highest BCUT2D eigenvalue weighted by Crippen LogP contribution is 2.47. The van der Waals surface area contributed by atoms with Crippen LogP contribution >= 0.6 is 0 Å². The molecule has 0 spiro atoms. The molecule has 0 saturated carbocycles. The minimum Gasteiger partial charge on any atom is -0.171 e. The van der Waals surface area contributed by atoms with Gasteiger partial charge in [-0.15, -0.1) is 0 Å². The molecule has 0 aromatic carbocycles. The van der Waals surface area contributed by atoms with Crippen molar-refractivity contribution < 1.29 is 4.58 Å². The molecule has 114 valence electrons. The molecular weight excluding hydrogens is 254 g/mol. The van der Waals surface area contributed by atoms with Gasteiger partial charge in [-0.1, -0.05) is 45.6 Å². The molecule has 1 heterocycles. The van der Waals surface area contributed by atoms with Crippen LogP contribution in [-0.2, 0) is 0 Å². The minimum absolute atomic E-state index is 0.0671. The van der Waals surface area contributed by atoms with Gasteiger partial charge in [-0.25, -0.2) is 0 Å². The monoisotopic (exact) mass is 284 g/mol. The van der Waals surface area contributed by atoms with Gasteiger partial charge in [0, 0.05) is 23.5 Å². The standard InChI is InChI=1S/C20H30N/c1-8-12-19-17(6)18(7)21(14-10-3)15-16(5)20(19,11-4)13-9-2/h8,10,12,14-15H,1,6,9,11,13H2,2-5,7H3/q+1. The first-order valence-electron chi connectivity index (χ1n) is 7.94. The largest absolute Gasteiger partial charge is 0.190 e. The average molecular weight is 284 g/mol. The Labute approximate surface area is 130 Å². The summed E-state index contributed by atoms with van der Waals surface area (Å²) in [5, 5.41) is 0. The predicted octanol–water partition coefficient (Wildman–Crippen LogP) is 5.78. The Morgan fingerprint density at radius 1 is 1.29 bits per heavy atom. The van der Waals surface area contributed by atoms with Crippen LogP contribution < -0.4 is 0 Å². The van der Waals surface area contributed by atoms with Gasteiger partial charge in [0.05, 0.1) is 0 Å². The van der Waals surface area contributed by atoms with Crippen LogP contribution in [0.4, 0.5) is 0 Å². The molecule has 1 rings (SSSR count). The normalized spacial score (nSPS) is 25.5. The molecule has 0 aromatic rings. The molecule has 1 heteroatoms. The van der Waals surface area contributed by atoms with Crippen LogP contribution in [0.3, 0.4) is 0 Å². The minimum atomic E-state index is 0.0671. The number of hydrogen-bond donors (Lipinski definition) is 0. The van der Waals surface area contributed by atoms with Crippen LogP contribution in [0, 0.1) is 5.41 Å². The summed E-state index contributed by atoms with van der Waals surface area (Å²) < 4.78 is 2.20. The maximum atomic E-state index is 4.39. The van der Waals surface area contributed by atoms with Crippen molar-refractivity contribution >= 4 is 5.71 Å². The van der Waals surface area contributed by atoms with E-state index in [1.807, 2.05) is 13.0 Å². The van der Waals surface area contributed by atoms with Crippen LogP contribution in [0.2, 0.25) is 0 Å². The second-order valence-corrected chi connectivity index (χ2v) is 5.77. The molecule has 0 aromatic heterocycles. The third-order valence-electron chi connectivity index (χ3n) is 4.63. The Morgan fingerprint density at radius 2 is 1.95 bits per heavy atom. The van der Waals surface area contributed by atoms with Crippen molar-refractivity contribution in [2.75, 3.05) is 0 Å². The lowest BCUT2D eigenvalue weighted by Crippen LogP contribution is -2.25. The summed E-state index contributed by atoms with van der Waals surface area (Å²) in [5.41, 5.74) is 5.09. The van der Waals surface area contributed by atoms with Crippen molar-refractivity contribution in [1.29, 1.82) is 0 Å². The average Bonchev–Trinajstić information content (AvgIpc) is 2.54. The first kappa shape index (κ1) is 17.4. The Kier molecular flexibility index (Phi) is 6.14. The zero-order valence-electron chi connectivity index (χ0n) is 14.4. The van der Waals surface area contributed by atoms with Crippen LogP contribution in [0.15, 0.2) is 60.5 Å². The third-order valence-corrected chi connectivity index (χ3v) is 4.63. The molecule has 1 aliphatic rings. The lowest BCUT2D eigenvalue weighted by Gasteiger charge is -2.35. The Hall–Kier alpha value is -1.63. The number of rotatable bonds is 5. The lowest BCUT2D eigenvalue weighted by molar-refractivity contribution is -0.379. The maximum Gasteiger partial charge on any atom is 0.190 e. The fourth-order valence-electron chi connectivity index (χ4n) is 3.38. The van der Waals surface area contributed by atoms with Crippen LogP contribution in [-0.4, -0.2) is 10.3 Å². The van der Waals surface area contributed by atoms with E-state index in [0.717, 1.165) is 24.8 Å². The van der Waals surface area contributed by atoms with Crippen LogP contribution in [0.1, 0.15) is 53.9 Å². The summed E-state index contributed by atoms with van der Waals surface area (Å²) in [6.45, 7) is 19.3. The van der Waals surface area contributed by atoms with E-state index in [-0.39, 0.29) is 5.41 Å². The molecule has 0 aliphatic carbocycles. The van der Waals surface area contributed by atoms with Crippen molar-refractivity contribution in [3.05, 3.63) is 60.5 Å². The second kappa shape index (κ2) is 7.40. The van der Waals surface area contributed by atoms with Gasteiger partial charge >= 0.3 is 0 Å². The van der Waals surface area contributed by atoms with Crippen LogP contribution in [0.5, 0.6) is 0 Å². The summed E-state index contributed by atoms with van der Waals surface area (Å²) in [4.78, 5) is 0.